The molecule has 0 aromatic heterocycles. The topological polar surface area (TPSA) is 26.3 Å². The van der Waals surface area contributed by atoms with E-state index in [2.05, 4.69) is 11.3 Å². The lowest BCUT2D eigenvalue weighted by Gasteiger charge is -2.45. The van der Waals surface area contributed by atoms with Crippen molar-refractivity contribution in [3.05, 3.63) is 12.2 Å². The SMILES string of the molecule is C=C(C)C(=O)OC(C)C(F)(F)C(F)(F)C(F)(F)C(F)(F)C(F)(F)C(F)(F)C(F)(C(F)(F)F)C(F)(F)F. The fraction of sp³-hybridized carbons (Fsp3) is 0.800. The van der Waals surface area contributed by atoms with Gasteiger partial charge in [-0.15, -0.1) is 0 Å². The smallest absolute Gasteiger partial charge is 0.438 e. The van der Waals surface area contributed by atoms with Gasteiger partial charge in [-0.05, 0) is 13.8 Å². The summed E-state index contributed by atoms with van der Waals surface area (Å²) < 4.78 is 255. The summed E-state index contributed by atoms with van der Waals surface area (Å²) in [6.07, 6.45) is -20.7. The van der Waals surface area contributed by atoms with Crippen molar-refractivity contribution in [1.29, 1.82) is 0 Å². The molecule has 2 nitrogen and oxygen atoms in total. The number of hydrogen-bond acceptors (Lipinski definition) is 2. The van der Waals surface area contributed by atoms with Gasteiger partial charge < -0.3 is 4.74 Å². The molecular formula is C15H9F19O2. The largest absolute Gasteiger partial charge is 0.453 e. The quantitative estimate of drug-likeness (QED) is 0.164. The predicted octanol–water partition coefficient (Wildman–Crippen LogP) is 7.14. The second-order valence-electron chi connectivity index (χ2n) is 6.98. The number of halogens is 19. The first-order chi connectivity index (χ1) is 15.2. The van der Waals surface area contributed by atoms with E-state index in [-0.39, 0.29) is 0 Å². The Kier molecular flexibility index (Phi) is 8.21. The summed E-state index contributed by atoms with van der Waals surface area (Å²) >= 11 is 0. The Morgan fingerprint density at radius 1 is 0.583 bits per heavy atom. The number of alkyl halides is 19. The van der Waals surface area contributed by atoms with E-state index in [1.165, 1.54) is 0 Å². The second kappa shape index (κ2) is 8.73. The first-order valence-electron chi connectivity index (χ1n) is 8.20. The molecule has 0 aromatic carbocycles. The fourth-order valence-corrected chi connectivity index (χ4v) is 2.12. The molecular weight excluding hydrogens is 573 g/mol. The van der Waals surface area contributed by atoms with E-state index < -0.39 is 78.1 Å². The molecule has 0 aromatic rings. The van der Waals surface area contributed by atoms with E-state index in [1.54, 1.807) is 0 Å². The third kappa shape index (κ3) is 4.32. The lowest BCUT2D eigenvalue weighted by atomic mass is 9.83. The van der Waals surface area contributed by atoms with Gasteiger partial charge in [-0.2, -0.15) is 79.0 Å². The van der Waals surface area contributed by atoms with E-state index >= 15 is 0 Å². The van der Waals surface area contributed by atoms with Crippen LogP contribution >= 0.6 is 0 Å². The zero-order chi connectivity index (χ0) is 29.9. The van der Waals surface area contributed by atoms with E-state index in [9.17, 15) is 88.2 Å². The highest BCUT2D eigenvalue weighted by molar-refractivity contribution is 5.87. The highest BCUT2D eigenvalue weighted by Crippen LogP contribution is 2.66. The van der Waals surface area contributed by atoms with Crippen LogP contribution in [0.25, 0.3) is 0 Å². The number of carbonyl (C=O) groups excluding carboxylic acids is 1. The number of esters is 1. The van der Waals surface area contributed by atoms with Crippen LogP contribution in [-0.4, -0.2) is 65.6 Å². The monoisotopic (exact) mass is 582 g/mol. The van der Waals surface area contributed by atoms with Crippen molar-refractivity contribution in [3.63, 3.8) is 0 Å². The van der Waals surface area contributed by atoms with Crippen molar-refractivity contribution in [1.82, 2.24) is 0 Å². The maximum atomic E-state index is 13.8. The predicted molar refractivity (Wildman–Crippen MR) is 76.0 cm³/mol. The van der Waals surface area contributed by atoms with Crippen molar-refractivity contribution < 1.29 is 92.9 Å². The molecule has 0 saturated heterocycles. The molecule has 0 aliphatic carbocycles. The molecule has 1 atom stereocenters. The first-order valence-corrected chi connectivity index (χ1v) is 8.20. The van der Waals surface area contributed by atoms with Crippen molar-refractivity contribution in [2.24, 2.45) is 0 Å². The van der Waals surface area contributed by atoms with Gasteiger partial charge in [0.05, 0.1) is 0 Å². The molecule has 0 heterocycles. The van der Waals surface area contributed by atoms with Gasteiger partial charge in [0.2, 0.25) is 0 Å². The normalized spacial score (nSPS) is 16.6. The molecule has 0 fully saturated rings. The third-order valence-electron chi connectivity index (χ3n) is 4.35. The Morgan fingerprint density at radius 2 is 0.861 bits per heavy atom. The lowest BCUT2D eigenvalue weighted by molar-refractivity contribution is -0.473. The summed E-state index contributed by atoms with van der Waals surface area (Å²) in [5.41, 5.74) is -9.74. The molecule has 1 unspecified atom stereocenters. The van der Waals surface area contributed by atoms with Crippen LogP contribution in [0.4, 0.5) is 83.4 Å². The molecule has 0 N–H and O–H groups in total. The number of carbonyl (C=O) groups is 1. The minimum atomic E-state index is -9.10. The van der Waals surface area contributed by atoms with Crippen molar-refractivity contribution in [2.45, 2.75) is 73.5 Å². The molecule has 0 spiro atoms. The van der Waals surface area contributed by atoms with E-state index in [4.69, 9.17) is 0 Å². The first kappa shape index (κ1) is 33.9. The van der Waals surface area contributed by atoms with Gasteiger partial charge in [0.15, 0.2) is 6.10 Å². The minimum absolute atomic E-state index is 0.463. The number of rotatable bonds is 9. The van der Waals surface area contributed by atoms with Crippen molar-refractivity contribution in [3.8, 4) is 0 Å². The van der Waals surface area contributed by atoms with E-state index in [0.29, 0.717) is 6.92 Å². The third-order valence-corrected chi connectivity index (χ3v) is 4.35. The average Bonchev–Trinajstić information content (AvgIpc) is 2.64. The molecule has 0 radical (unpaired) electrons. The van der Waals surface area contributed by atoms with Crippen molar-refractivity contribution in [2.75, 3.05) is 0 Å². The summed E-state index contributed by atoms with van der Waals surface area (Å²) in [5.74, 6) is -53.0. The molecule has 36 heavy (non-hydrogen) atoms. The number of ether oxygens (including phenoxy) is 1. The van der Waals surface area contributed by atoms with Crippen LogP contribution in [0.1, 0.15) is 13.8 Å². The van der Waals surface area contributed by atoms with Crippen LogP contribution in [0.5, 0.6) is 0 Å². The maximum Gasteiger partial charge on any atom is 0.438 e. The van der Waals surface area contributed by atoms with Gasteiger partial charge in [0.1, 0.15) is 0 Å². The van der Waals surface area contributed by atoms with Crippen LogP contribution in [0, 0.1) is 0 Å². The lowest BCUT2D eigenvalue weighted by Crippen LogP contribution is -2.78. The Bertz CT molecular complexity index is 836. The number of hydrogen-bond donors (Lipinski definition) is 0. The average molecular weight is 582 g/mol. The molecule has 214 valence electrons. The summed E-state index contributed by atoms with van der Waals surface area (Å²) in [4.78, 5) is 11.1. The summed E-state index contributed by atoms with van der Waals surface area (Å²) in [6.45, 7) is 2.84. The maximum absolute atomic E-state index is 13.8. The Morgan fingerprint density at radius 3 is 1.14 bits per heavy atom. The molecule has 0 aliphatic heterocycles. The van der Waals surface area contributed by atoms with Crippen LogP contribution in [0.2, 0.25) is 0 Å². The molecule has 0 bridgehead atoms. The highest BCUT2D eigenvalue weighted by Gasteiger charge is 2.98. The highest BCUT2D eigenvalue weighted by atomic mass is 19.4. The van der Waals surface area contributed by atoms with Gasteiger partial charge >= 0.3 is 59.5 Å². The minimum Gasteiger partial charge on any atom is -0.453 e. The molecule has 21 heteroatoms. The van der Waals surface area contributed by atoms with Gasteiger partial charge in [-0.1, -0.05) is 6.58 Å². The Hall–Kier alpha value is -2.12. The van der Waals surface area contributed by atoms with Crippen LogP contribution < -0.4 is 0 Å². The van der Waals surface area contributed by atoms with Gasteiger partial charge in [0, 0.05) is 5.57 Å². The Labute approximate surface area is 186 Å². The summed E-state index contributed by atoms with van der Waals surface area (Å²) in [5, 5.41) is 0. The molecule has 0 saturated carbocycles. The van der Waals surface area contributed by atoms with Crippen molar-refractivity contribution >= 4 is 5.97 Å². The van der Waals surface area contributed by atoms with Crippen LogP contribution in [0.3, 0.4) is 0 Å². The van der Waals surface area contributed by atoms with Crippen LogP contribution in [0.15, 0.2) is 12.2 Å². The molecule has 0 rings (SSSR count). The zero-order valence-corrected chi connectivity index (χ0v) is 16.8. The van der Waals surface area contributed by atoms with Crippen LogP contribution in [-0.2, 0) is 9.53 Å². The Balaban J connectivity index is 7.04. The summed E-state index contributed by atoms with van der Waals surface area (Å²) in [7, 11) is 0. The van der Waals surface area contributed by atoms with Gasteiger partial charge in [0.25, 0.3) is 0 Å². The summed E-state index contributed by atoms with van der Waals surface area (Å²) in [6, 6.07) is 0. The molecule has 0 aliphatic rings. The van der Waals surface area contributed by atoms with E-state index in [0.717, 1.165) is 0 Å². The van der Waals surface area contributed by atoms with E-state index in [1.807, 2.05) is 0 Å². The fourth-order valence-electron chi connectivity index (χ4n) is 2.12. The molecule has 0 amide bonds. The standard InChI is InChI=1S/C15H9F19O2/c1-4(2)6(35)36-5(3)7(16,17)9(19,20)11(23,24)13(27,28)12(25,26)10(21,22)8(18,14(29,30)31)15(32,33)34/h5H,1H2,2-3H3. The van der Waals surface area contributed by atoms with Gasteiger partial charge in [-0.25, -0.2) is 9.18 Å². The van der Waals surface area contributed by atoms with Gasteiger partial charge in [-0.3, -0.25) is 0 Å². The zero-order valence-electron chi connectivity index (χ0n) is 16.8. The second-order valence-corrected chi connectivity index (χ2v) is 6.98.